The van der Waals surface area contributed by atoms with Crippen LogP contribution in [0.1, 0.15) is 43.4 Å². The quantitative estimate of drug-likeness (QED) is 0.188. The maximum Gasteiger partial charge on any atom is 0.336 e. The number of aromatic nitrogens is 3. The molecule has 33 heavy (non-hydrogen) atoms. The molecule has 0 aliphatic rings. The third kappa shape index (κ3) is 5.04. The fourth-order valence-corrected chi connectivity index (χ4v) is 5.24. The van der Waals surface area contributed by atoms with E-state index in [0.717, 1.165) is 21.7 Å². The second kappa shape index (κ2) is 9.93. The molecule has 0 aliphatic heterocycles. The first-order valence-electron chi connectivity index (χ1n) is 10.7. The number of fused-ring (bicyclic) bond motifs is 1. The first-order chi connectivity index (χ1) is 15.9. The highest BCUT2D eigenvalue weighted by atomic mass is 32.2. The van der Waals surface area contributed by atoms with Crippen molar-refractivity contribution in [3.8, 4) is 10.7 Å². The molecule has 0 aliphatic carbocycles. The lowest BCUT2D eigenvalue weighted by Gasteiger charge is -2.13. The number of benzene rings is 1. The molecule has 0 atom stereocenters. The molecular formula is C24H25N3O4S2. The van der Waals surface area contributed by atoms with Crippen LogP contribution in [0.25, 0.3) is 21.7 Å². The zero-order chi connectivity index (χ0) is 23.5. The average Bonchev–Trinajstić information content (AvgIpc) is 3.44. The van der Waals surface area contributed by atoms with Gasteiger partial charge in [-0.25, -0.2) is 4.79 Å². The predicted octanol–water partition coefficient (Wildman–Crippen LogP) is 5.40. The zero-order valence-corrected chi connectivity index (χ0v) is 20.6. The van der Waals surface area contributed by atoms with E-state index in [1.165, 1.54) is 23.4 Å². The molecule has 0 N–H and O–H groups in total. The van der Waals surface area contributed by atoms with E-state index in [9.17, 15) is 9.59 Å². The van der Waals surface area contributed by atoms with Gasteiger partial charge in [-0.15, -0.1) is 21.5 Å². The standard InChI is InChI=1S/C24H25N3O4S2/c1-5-27-23(20-7-6-8-32-20)25-26-24(27)33-13-22(29)30-12-16-10-21(28)31-19-9-15(4)17(14(2)3)11-18(16)19/h6-11,14H,5,12-13H2,1-4H3. The van der Waals surface area contributed by atoms with E-state index in [2.05, 4.69) is 24.0 Å². The summed E-state index contributed by atoms with van der Waals surface area (Å²) in [6, 6.07) is 9.25. The molecule has 3 heterocycles. The number of hydrogen-bond acceptors (Lipinski definition) is 8. The Hall–Kier alpha value is -2.91. The van der Waals surface area contributed by atoms with E-state index < -0.39 is 5.63 Å². The van der Waals surface area contributed by atoms with Gasteiger partial charge < -0.3 is 13.7 Å². The van der Waals surface area contributed by atoms with Gasteiger partial charge in [-0.05, 0) is 54.5 Å². The Morgan fingerprint density at radius 1 is 1.27 bits per heavy atom. The molecule has 0 amide bonds. The van der Waals surface area contributed by atoms with Gasteiger partial charge in [0.1, 0.15) is 12.2 Å². The van der Waals surface area contributed by atoms with Crippen LogP contribution < -0.4 is 5.63 Å². The summed E-state index contributed by atoms with van der Waals surface area (Å²) >= 11 is 2.88. The number of carbonyl (C=O) groups excluding carboxylic acids is 1. The Morgan fingerprint density at radius 2 is 2.09 bits per heavy atom. The van der Waals surface area contributed by atoms with E-state index in [0.29, 0.717) is 28.8 Å². The highest BCUT2D eigenvalue weighted by Crippen LogP contribution is 2.28. The summed E-state index contributed by atoms with van der Waals surface area (Å²) in [5.74, 6) is 0.823. The van der Waals surface area contributed by atoms with Crippen molar-refractivity contribution in [2.45, 2.75) is 51.9 Å². The molecule has 7 nitrogen and oxygen atoms in total. The Balaban J connectivity index is 1.46. The van der Waals surface area contributed by atoms with Crippen molar-refractivity contribution in [2.75, 3.05) is 5.75 Å². The van der Waals surface area contributed by atoms with Gasteiger partial charge in [-0.3, -0.25) is 4.79 Å². The van der Waals surface area contributed by atoms with Crippen molar-refractivity contribution in [3.05, 3.63) is 62.8 Å². The van der Waals surface area contributed by atoms with Gasteiger partial charge in [-0.2, -0.15) is 0 Å². The number of carbonyl (C=O) groups is 1. The monoisotopic (exact) mass is 483 g/mol. The number of thiophene rings is 1. The van der Waals surface area contributed by atoms with Gasteiger partial charge in [-0.1, -0.05) is 31.7 Å². The molecule has 0 unspecified atom stereocenters. The first kappa shape index (κ1) is 23.3. The van der Waals surface area contributed by atoms with Crippen LogP contribution in [0, 0.1) is 6.92 Å². The predicted molar refractivity (Wildman–Crippen MR) is 131 cm³/mol. The summed E-state index contributed by atoms with van der Waals surface area (Å²) in [5.41, 5.74) is 2.91. The van der Waals surface area contributed by atoms with E-state index in [1.54, 1.807) is 11.3 Å². The Bertz CT molecular complexity index is 1340. The molecular weight excluding hydrogens is 458 g/mol. The minimum atomic E-state index is -0.461. The maximum absolute atomic E-state index is 12.5. The number of esters is 1. The van der Waals surface area contributed by atoms with Gasteiger partial charge >= 0.3 is 11.6 Å². The lowest BCUT2D eigenvalue weighted by Crippen LogP contribution is -2.10. The molecule has 0 saturated carbocycles. The normalized spacial score (nSPS) is 11.4. The minimum Gasteiger partial charge on any atom is -0.460 e. The van der Waals surface area contributed by atoms with Crippen molar-refractivity contribution >= 4 is 40.0 Å². The summed E-state index contributed by atoms with van der Waals surface area (Å²) < 4.78 is 12.9. The maximum atomic E-state index is 12.5. The Kier molecular flexibility index (Phi) is 6.99. The van der Waals surface area contributed by atoms with Gasteiger partial charge in [0.05, 0.1) is 10.6 Å². The van der Waals surface area contributed by atoms with Crippen LogP contribution in [0.3, 0.4) is 0 Å². The molecule has 3 aromatic heterocycles. The summed E-state index contributed by atoms with van der Waals surface area (Å²) in [5, 5.41) is 12.0. The second-order valence-electron chi connectivity index (χ2n) is 7.93. The van der Waals surface area contributed by atoms with E-state index in [1.807, 2.05) is 48.1 Å². The molecule has 0 bridgehead atoms. The highest BCUT2D eigenvalue weighted by molar-refractivity contribution is 7.99. The SMILES string of the molecule is CCn1c(SCC(=O)OCc2cc(=O)oc3cc(C)c(C(C)C)cc23)nnc1-c1cccs1. The number of ether oxygens (including phenoxy) is 1. The van der Waals surface area contributed by atoms with Crippen LogP contribution in [-0.4, -0.2) is 26.5 Å². The van der Waals surface area contributed by atoms with Crippen LogP contribution in [0.15, 0.2) is 50.1 Å². The smallest absolute Gasteiger partial charge is 0.336 e. The molecule has 9 heteroatoms. The van der Waals surface area contributed by atoms with Crippen molar-refractivity contribution in [1.29, 1.82) is 0 Å². The molecule has 4 rings (SSSR count). The summed E-state index contributed by atoms with van der Waals surface area (Å²) in [7, 11) is 0. The molecule has 0 spiro atoms. The van der Waals surface area contributed by atoms with Crippen LogP contribution in [0.4, 0.5) is 0 Å². The van der Waals surface area contributed by atoms with Crippen molar-refractivity contribution in [2.24, 2.45) is 0 Å². The van der Waals surface area contributed by atoms with Crippen molar-refractivity contribution < 1.29 is 13.9 Å². The Morgan fingerprint density at radius 3 is 2.79 bits per heavy atom. The highest BCUT2D eigenvalue weighted by Gasteiger charge is 2.17. The fourth-order valence-electron chi connectivity index (χ4n) is 3.72. The van der Waals surface area contributed by atoms with Gasteiger partial charge in [0.2, 0.25) is 0 Å². The zero-order valence-electron chi connectivity index (χ0n) is 19.0. The van der Waals surface area contributed by atoms with E-state index in [4.69, 9.17) is 9.15 Å². The molecule has 1 aromatic carbocycles. The summed E-state index contributed by atoms with van der Waals surface area (Å²) in [4.78, 5) is 25.5. The number of rotatable bonds is 8. The Labute approximate surface area is 199 Å². The molecule has 0 fully saturated rings. The third-order valence-electron chi connectivity index (χ3n) is 5.32. The first-order valence-corrected chi connectivity index (χ1v) is 12.6. The van der Waals surface area contributed by atoms with Crippen LogP contribution in [0.2, 0.25) is 0 Å². The number of nitrogens with zero attached hydrogens (tertiary/aromatic N) is 3. The van der Waals surface area contributed by atoms with Crippen molar-refractivity contribution in [1.82, 2.24) is 14.8 Å². The topological polar surface area (TPSA) is 87.2 Å². The lowest BCUT2D eigenvalue weighted by atomic mass is 9.95. The molecule has 172 valence electrons. The second-order valence-corrected chi connectivity index (χ2v) is 9.82. The molecule has 0 radical (unpaired) electrons. The third-order valence-corrected chi connectivity index (χ3v) is 7.13. The van der Waals surface area contributed by atoms with Gasteiger partial charge in [0.25, 0.3) is 0 Å². The van der Waals surface area contributed by atoms with Crippen molar-refractivity contribution in [3.63, 3.8) is 0 Å². The van der Waals surface area contributed by atoms with Gasteiger partial charge in [0.15, 0.2) is 11.0 Å². The summed E-state index contributed by atoms with van der Waals surface area (Å²) in [6.07, 6.45) is 0. The van der Waals surface area contributed by atoms with Crippen LogP contribution in [-0.2, 0) is 22.7 Å². The number of hydrogen-bond donors (Lipinski definition) is 0. The van der Waals surface area contributed by atoms with E-state index in [-0.39, 0.29) is 18.3 Å². The van der Waals surface area contributed by atoms with Crippen LogP contribution >= 0.6 is 23.1 Å². The fraction of sp³-hybridized carbons (Fsp3) is 0.333. The average molecular weight is 484 g/mol. The van der Waals surface area contributed by atoms with E-state index >= 15 is 0 Å². The largest absolute Gasteiger partial charge is 0.460 e. The van der Waals surface area contributed by atoms with Crippen LogP contribution in [0.5, 0.6) is 0 Å². The number of aryl methyl sites for hydroxylation is 1. The number of thioether (sulfide) groups is 1. The lowest BCUT2D eigenvalue weighted by molar-refractivity contribution is -0.141. The molecule has 4 aromatic rings. The minimum absolute atomic E-state index is 0.00298. The van der Waals surface area contributed by atoms with Gasteiger partial charge in [0, 0.05) is 23.6 Å². The summed E-state index contributed by atoms with van der Waals surface area (Å²) in [6.45, 7) is 8.94. The molecule has 0 saturated heterocycles.